The summed E-state index contributed by atoms with van der Waals surface area (Å²) in [5, 5.41) is 8.59. The van der Waals surface area contributed by atoms with Crippen LogP contribution in [0.3, 0.4) is 0 Å². The summed E-state index contributed by atoms with van der Waals surface area (Å²) in [7, 11) is 0. The van der Waals surface area contributed by atoms with E-state index in [1.54, 1.807) is 0 Å². The Morgan fingerprint density at radius 3 is 2.53 bits per heavy atom. The van der Waals surface area contributed by atoms with Gasteiger partial charge in [0.15, 0.2) is 0 Å². The number of carboxylic acids is 1. The van der Waals surface area contributed by atoms with E-state index in [9.17, 15) is 4.79 Å². The van der Waals surface area contributed by atoms with Gasteiger partial charge in [0.1, 0.15) is 6.04 Å². The van der Waals surface area contributed by atoms with E-state index in [4.69, 9.17) is 15.6 Å². The number of carboxylic acid groups (broad SMARTS) is 1. The quantitative estimate of drug-likeness (QED) is 0.743. The monoisotopic (exact) mass is 215 g/mol. The molecule has 0 aromatic carbocycles. The summed E-state index contributed by atoms with van der Waals surface area (Å²) >= 11 is 0. The zero-order chi connectivity index (χ0) is 11.5. The summed E-state index contributed by atoms with van der Waals surface area (Å²) < 4.78 is 5.49. The third kappa shape index (κ3) is 4.18. The van der Waals surface area contributed by atoms with Gasteiger partial charge in [-0.2, -0.15) is 0 Å². The van der Waals surface area contributed by atoms with Crippen molar-refractivity contribution in [2.45, 2.75) is 51.7 Å². The van der Waals surface area contributed by atoms with E-state index in [1.807, 2.05) is 0 Å². The Bertz CT molecular complexity index is 218. The lowest BCUT2D eigenvalue weighted by molar-refractivity contribution is -0.140. The normalized spacial score (nSPS) is 23.7. The Kier molecular flexibility index (Phi) is 4.11. The molecule has 0 aromatic rings. The van der Waals surface area contributed by atoms with Gasteiger partial charge in [0.2, 0.25) is 0 Å². The molecule has 88 valence electrons. The Labute approximate surface area is 90.8 Å². The zero-order valence-electron chi connectivity index (χ0n) is 9.53. The van der Waals surface area contributed by atoms with Crippen LogP contribution in [0.2, 0.25) is 0 Å². The van der Waals surface area contributed by atoms with Crippen LogP contribution in [0.15, 0.2) is 0 Å². The van der Waals surface area contributed by atoms with Gasteiger partial charge in [-0.3, -0.25) is 4.79 Å². The SMILES string of the molecule is CC1(C)CCC(OCC(N)C(=O)O)CC1. The lowest BCUT2D eigenvalue weighted by Crippen LogP contribution is -2.37. The van der Waals surface area contributed by atoms with Crippen molar-refractivity contribution >= 4 is 5.97 Å². The predicted molar refractivity (Wildman–Crippen MR) is 57.6 cm³/mol. The Hall–Kier alpha value is -0.610. The maximum Gasteiger partial charge on any atom is 0.322 e. The fourth-order valence-electron chi connectivity index (χ4n) is 1.85. The van der Waals surface area contributed by atoms with Crippen LogP contribution in [0.5, 0.6) is 0 Å². The average Bonchev–Trinajstić information content (AvgIpc) is 2.15. The highest BCUT2D eigenvalue weighted by Gasteiger charge is 2.27. The van der Waals surface area contributed by atoms with Gasteiger partial charge in [-0.15, -0.1) is 0 Å². The molecule has 0 amide bonds. The molecule has 0 radical (unpaired) electrons. The number of ether oxygens (including phenoxy) is 1. The van der Waals surface area contributed by atoms with E-state index in [-0.39, 0.29) is 12.7 Å². The third-order valence-corrected chi connectivity index (χ3v) is 3.11. The van der Waals surface area contributed by atoms with E-state index in [2.05, 4.69) is 13.8 Å². The second-order valence-electron chi connectivity index (χ2n) is 5.14. The molecule has 3 N–H and O–H groups in total. The number of rotatable bonds is 4. The maximum atomic E-state index is 10.5. The molecule has 1 aliphatic carbocycles. The number of hydrogen-bond donors (Lipinski definition) is 2. The molecule has 1 fully saturated rings. The maximum absolute atomic E-state index is 10.5. The molecule has 1 aliphatic rings. The topological polar surface area (TPSA) is 72.5 Å². The van der Waals surface area contributed by atoms with E-state index in [0.717, 1.165) is 25.7 Å². The fraction of sp³-hybridized carbons (Fsp3) is 0.909. The molecule has 0 heterocycles. The highest BCUT2D eigenvalue weighted by Crippen LogP contribution is 2.36. The predicted octanol–water partition coefficient (Wildman–Crippen LogP) is 1.38. The van der Waals surface area contributed by atoms with Crippen LogP contribution in [0.1, 0.15) is 39.5 Å². The van der Waals surface area contributed by atoms with Crippen molar-refractivity contribution in [3.8, 4) is 0 Å². The summed E-state index contributed by atoms with van der Waals surface area (Å²) in [6.07, 6.45) is 4.50. The van der Waals surface area contributed by atoms with Gasteiger partial charge in [0.25, 0.3) is 0 Å². The molecular weight excluding hydrogens is 194 g/mol. The van der Waals surface area contributed by atoms with Gasteiger partial charge < -0.3 is 15.6 Å². The number of nitrogens with two attached hydrogens (primary N) is 1. The minimum absolute atomic E-state index is 0.125. The molecule has 0 saturated heterocycles. The van der Waals surface area contributed by atoms with Crippen molar-refractivity contribution in [1.82, 2.24) is 0 Å². The standard InChI is InChI=1S/C11H21NO3/c1-11(2)5-3-8(4-6-11)15-7-9(12)10(13)14/h8-9H,3-7,12H2,1-2H3,(H,13,14). The van der Waals surface area contributed by atoms with Crippen LogP contribution in [-0.2, 0) is 9.53 Å². The molecule has 0 aromatic heterocycles. The van der Waals surface area contributed by atoms with Crippen LogP contribution >= 0.6 is 0 Å². The number of carbonyl (C=O) groups is 1. The minimum Gasteiger partial charge on any atom is -0.480 e. The molecular formula is C11H21NO3. The summed E-state index contributed by atoms with van der Waals surface area (Å²) in [6, 6.07) is -0.889. The molecule has 4 heteroatoms. The highest BCUT2D eigenvalue weighted by molar-refractivity contribution is 5.73. The molecule has 1 atom stereocenters. The van der Waals surface area contributed by atoms with Crippen LogP contribution in [-0.4, -0.2) is 29.8 Å². The molecule has 1 saturated carbocycles. The Balaban J connectivity index is 2.22. The van der Waals surface area contributed by atoms with Gasteiger partial charge in [-0.1, -0.05) is 13.8 Å². The van der Waals surface area contributed by atoms with Gasteiger partial charge in [0, 0.05) is 0 Å². The summed E-state index contributed by atoms with van der Waals surface area (Å²) in [5.41, 5.74) is 5.77. The molecule has 15 heavy (non-hydrogen) atoms. The van der Waals surface area contributed by atoms with Gasteiger partial charge in [0.05, 0.1) is 12.7 Å². The molecule has 1 unspecified atom stereocenters. The van der Waals surface area contributed by atoms with E-state index >= 15 is 0 Å². The smallest absolute Gasteiger partial charge is 0.322 e. The number of hydrogen-bond acceptors (Lipinski definition) is 3. The van der Waals surface area contributed by atoms with Crippen molar-refractivity contribution in [2.24, 2.45) is 11.1 Å². The van der Waals surface area contributed by atoms with Crippen LogP contribution in [0.25, 0.3) is 0 Å². The second-order valence-corrected chi connectivity index (χ2v) is 5.14. The Morgan fingerprint density at radius 1 is 1.53 bits per heavy atom. The Morgan fingerprint density at radius 2 is 2.07 bits per heavy atom. The molecule has 0 spiro atoms. The average molecular weight is 215 g/mol. The molecule has 1 rings (SSSR count). The zero-order valence-corrected chi connectivity index (χ0v) is 9.53. The van der Waals surface area contributed by atoms with Gasteiger partial charge in [-0.25, -0.2) is 0 Å². The van der Waals surface area contributed by atoms with Crippen molar-refractivity contribution in [1.29, 1.82) is 0 Å². The third-order valence-electron chi connectivity index (χ3n) is 3.11. The van der Waals surface area contributed by atoms with Gasteiger partial charge >= 0.3 is 5.97 Å². The first-order valence-corrected chi connectivity index (χ1v) is 5.51. The first-order valence-electron chi connectivity index (χ1n) is 5.51. The molecule has 0 aliphatic heterocycles. The van der Waals surface area contributed by atoms with E-state index in [1.165, 1.54) is 0 Å². The van der Waals surface area contributed by atoms with Crippen LogP contribution in [0.4, 0.5) is 0 Å². The van der Waals surface area contributed by atoms with Crippen LogP contribution < -0.4 is 5.73 Å². The van der Waals surface area contributed by atoms with Crippen molar-refractivity contribution < 1.29 is 14.6 Å². The van der Waals surface area contributed by atoms with Gasteiger partial charge in [-0.05, 0) is 31.1 Å². The lowest BCUT2D eigenvalue weighted by Gasteiger charge is -2.34. The largest absolute Gasteiger partial charge is 0.480 e. The summed E-state index contributed by atoms with van der Waals surface area (Å²) in [4.78, 5) is 10.5. The molecule has 0 bridgehead atoms. The fourth-order valence-corrected chi connectivity index (χ4v) is 1.85. The number of aliphatic carboxylic acids is 1. The van der Waals surface area contributed by atoms with E-state index in [0.29, 0.717) is 5.41 Å². The summed E-state index contributed by atoms with van der Waals surface area (Å²) in [6.45, 7) is 4.64. The second kappa shape index (κ2) is 4.94. The summed E-state index contributed by atoms with van der Waals surface area (Å²) in [5.74, 6) is -0.994. The highest BCUT2D eigenvalue weighted by atomic mass is 16.5. The van der Waals surface area contributed by atoms with Crippen molar-refractivity contribution in [2.75, 3.05) is 6.61 Å². The first kappa shape index (κ1) is 12.5. The first-order chi connectivity index (χ1) is 6.91. The van der Waals surface area contributed by atoms with Crippen molar-refractivity contribution in [3.63, 3.8) is 0 Å². The van der Waals surface area contributed by atoms with Crippen molar-refractivity contribution in [3.05, 3.63) is 0 Å². The van der Waals surface area contributed by atoms with Crippen LogP contribution in [0, 0.1) is 5.41 Å². The molecule has 4 nitrogen and oxygen atoms in total. The van der Waals surface area contributed by atoms with E-state index < -0.39 is 12.0 Å². The minimum atomic E-state index is -0.994. The lowest BCUT2D eigenvalue weighted by atomic mass is 9.76.